The Hall–Kier alpha value is -2.04. The van der Waals surface area contributed by atoms with Gasteiger partial charge in [0.05, 0.1) is 15.7 Å². The van der Waals surface area contributed by atoms with E-state index in [0.29, 0.717) is 34.3 Å². The van der Waals surface area contributed by atoms with Gasteiger partial charge in [0.25, 0.3) is 11.8 Å². The molecule has 6 heteroatoms. The molecule has 2 N–H and O–H groups in total. The molecule has 0 radical (unpaired) electrons. The third-order valence-electron chi connectivity index (χ3n) is 3.26. The van der Waals surface area contributed by atoms with Crippen molar-refractivity contribution in [1.29, 1.82) is 0 Å². The molecule has 2 amide bonds. The quantitative estimate of drug-likeness (QED) is 0.812. The number of halogens is 2. The summed E-state index contributed by atoms with van der Waals surface area (Å²) in [6.45, 7) is 4.60. The van der Waals surface area contributed by atoms with Crippen LogP contribution in [0.4, 0.5) is 5.69 Å². The van der Waals surface area contributed by atoms with E-state index in [4.69, 9.17) is 23.2 Å². The first-order valence-corrected chi connectivity index (χ1v) is 8.27. The predicted molar refractivity (Wildman–Crippen MR) is 98.0 cm³/mol. The van der Waals surface area contributed by atoms with E-state index in [9.17, 15) is 9.59 Å². The smallest absolute Gasteiger partial charge is 0.255 e. The minimum Gasteiger partial charge on any atom is -0.352 e. The summed E-state index contributed by atoms with van der Waals surface area (Å²) >= 11 is 12.0. The average Bonchev–Trinajstić information content (AvgIpc) is 2.56. The van der Waals surface area contributed by atoms with Gasteiger partial charge in [0.2, 0.25) is 0 Å². The maximum atomic E-state index is 12.4. The predicted octanol–water partition coefficient (Wildman–Crippen LogP) is 4.63. The van der Waals surface area contributed by atoms with Crippen LogP contribution in [0.5, 0.6) is 0 Å². The number of rotatable bonds is 5. The molecule has 0 atom stereocenters. The van der Waals surface area contributed by atoms with Crippen molar-refractivity contribution in [2.75, 3.05) is 11.9 Å². The molecule has 4 nitrogen and oxygen atoms in total. The highest BCUT2D eigenvalue weighted by molar-refractivity contribution is 6.44. The van der Waals surface area contributed by atoms with Gasteiger partial charge in [-0.15, -0.1) is 0 Å². The molecule has 0 spiro atoms. The molecule has 126 valence electrons. The minimum absolute atomic E-state index is 0.209. The Balaban J connectivity index is 2.14. The lowest BCUT2D eigenvalue weighted by atomic mass is 10.1. The van der Waals surface area contributed by atoms with Gasteiger partial charge in [0.15, 0.2) is 0 Å². The van der Waals surface area contributed by atoms with Crippen LogP contribution in [-0.2, 0) is 0 Å². The first-order chi connectivity index (χ1) is 11.4. The molecule has 0 aliphatic heterocycles. The Morgan fingerprint density at radius 3 is 2.29 bits per heavy atom. The lowest BCUT2D eigenvalue weighted by Gasteiger charge is -2.10. The number of hydrogen-bond donors (Lipinski definition) is 2. The van der Waals surface area contributed by atoms with Crippen LogP contribution in [0.1, 0.15) is 34.6 Å². The van der Waals surface area contributed by atoms with Gasteiger partial charge in [-0.3, -0.25) is 9.59 Å². The normalized spacial score (nSPS) is 10.5. The molecule has 0 aliphatic carbocycles. The largest absolute Gasteiger partial charge is 0.352 e. The van der Waals surface area contributed by atoms with Crippen molar-refractivity contribution < 1.29 is 9.59 Å². The van der Waals surface area contributed by atoms with Crippen LogP contribution in [0.3, 0.4) is 0 Å². The van der Waals surface area contributed by atoms with E-state index >= 15 is 0 Å². The second-order valence-corrected chi connectivity index (χ2v) is 6.53. The summed E-state index contributed by atoms with van der Waals surface area (Å²) in [5.74, 6) is -0.220. The van der Waals surface area contributed by atoms with E-state index in [2.05, 4.69) is 10.6 Å². The van der Waals surface area contributed by atoms with Gasteiger partial charge in [-0.05, 0) is 36.2 Å². The second kappa shape index (κ2) is 8.18. The van der Waals surface area contributed by atoms with Crippen LogP contribution < -0.4 is 10.6 Å². The number of amides is 2. The third kappa shape index (κ3) is 4.73. The topological polar surface area (TPSA) is 58.2 Å². The molecule has 0 bridgehead atoms. The molecular formula is C18H18Cl2N2O2. The van der Waals surface area contributed by atoms with Crippen molar-refractivity contribution in [2.45, 2.75) is 13.8 Å². The fourth-order valence-electron chi connectivity index (χ4n) is 2.00. The van der Waals surface area contributed by atoms with E-state index in [0.717, 1.165) is 0 Å². The Kier molecular flexibility index (Phi) is 6.23. The van der Waals surface area contributed by atoms with E-state index in [1.807, 2.05) is 13.8 Å². The first kappa shape index (κ1) is 18.3. The molecule has 2 rings (SSSR count). The maximum absolute atomic E-state index is 12.4. The van der Waals surface area contributed by atoms with Crippen molar-refractivity contribution in [3.8, 4) is 0 Å². The van der Waals surface area contributed by atoms with Crippen molar-refractivity contribution in [1.82, 2.24) is 5.32 Å². The summed E-state index contributed by atoms with van der Waals surface area (Å²) < 4.78 is 0. The summed E-state index contributed by atoms with van der Waals surface area (Å²) in [6, 6.07) is 11.5. The van der Waals surface area contributed by atoms with Gasteiger partial charge >= 0.3 is 0 Å². The second-order valence-electron chi connectivity index (χ2n) is 5.74. The number of anilines is 1. The zero-order valence-corrected chi connectivity index (χ0v) is 14.9. The van der Waals surface area contributed by atoms with Gasteiger partial charge in [0, 0.05) is 17.7 Å². The highest BCUT2D eigenvalue weighted by Crippen LogP contribution is 2.29. The minimum atomic E-state index is -0.363. The number of hydrogen-bond acceptors (Lipinski definition) is 2. The lowest BCUT2D eigenvalue weighted by Crippen LogP contribution is -2.27. The van der Waals surface area contributed by atoms with Crippen LogP contribution >= 0.6 is 23.2 Å². The number of carbonyl (C=O) groups is 2. The van der Waals surface area contributed by atoms with Crippen LogP contribution in [0.25, 0.3) is 0 Å². The Morgan fingerprint density at radius 1 is 1.00 bits per heavy atom. The molecule has 2 aromatic rings. The van der Waals surface area contributed by atoms with Crippen molar-refractivity contribution in [3.05, 3.63) is 63.6 Å². The molecule has 0 aliphatic rings. The van der Waals surface area contributed by atoms with E-state index in [1.54, 1.807) is 42.5 Å². The maximum Gasteiger partial charge on any atom is 0.255 e. The molecule has 0 aromatic heterocycles. The van der Waals surface area contributed by atoms with Crippen LogP contribution in [0.15, 0.2) is 42.5 Å². The van der Waals surface area contributed by atoms with Crippen LogP contribution in [0, 0.1) is 5.92 Å². The van der Waals surface area contributed by atoms with E-state index in [-0.39, 0.29) is 16.8 Å². The Labute approximate surface area is 151 Å². The lowest BCUT2D eigenvalue weighted by molar-refractivity contribution is 0.0949. The van der Waals surface area contributed by atoms with Crippen molar-refractivity contribution >= 4 is 40.7 Å². The first-order valence-electron chi connectivity index (χ1n) is 7.52. The summed E-state index contributed by atoms with van der Waals surface area (Å²) in [5, 5.41) is 6.15. The summed E-state index contributed by atoms with van der Waals surface area (Å²) in [6.07, 6.45) is 0. The molecule has 0 unspecified atom stereocenters. The molecule has 2 aromatic carbocycles. The van der Waals surface area contributed by atoms with E-state index < -0.39 is 0 Å². The number of nitrogens with one attached hydrogen (secondary N) is 2. The summed E-state index contributed by atoms with van der Waals surface area (Å²) in [5.41, 5.74) is 1.22. The monoisotopic (exact) mass is 364 g/mol. The number of carbonyl (C=O) groups excluding carboxylic acids is 2. The van der Waals surface area contributed by atoms with Gasteiger partial charge in [-0.2, -0.15) is 0 Å². The zero-order chi connectivity index (χ0) is 17.7. The molecule has 0 saturated heterocycles. The van der Waals surface area contributed by atoms with Crippen molar-refractivity contribution in [3.63, 3.8) is 0 Å². The van der Waals surface area contributed by atoms with E-state index in [1.165, 1.54) is 0 Å². The van der Waals surface area contributed by atoms with Gasteiger partial charge in [-0.1, -0.05) is 49.2 Å². The van der Waals surface area contributed by atoms with Crippen LogP contribution in [-0.4, -0.2) is 18.4 Å². The Bertz CT molecular complexity index is 760. The highest BCUT2D eigenvalue weighted by atomic mass is 35.5. The fraction of sp³-hybridized carbons (Fsp3) is 0.222. The number of benzene rings is 2. The standard InChI is InChI=1S/C18H18Cl2N2O2/c1-11(2)10-21-17(23)12-5-3-6-13(9-12)18(24)22-15-8-4-7-14(19)16(15)20/h3-9,11H,10H2,1-2H3,(H,21,23)(H,22,24). The molecule has 0 heterocycles. The fourth-order valence-corrected chi connectivity index (χ4v) is 2.34. The highest BCUT2D eigenvalue weighted by Gasteiger charge is 2.13. The molecule has 0 fully saturated rings. The Morgan fingerprint density at radius 2 is 1.62 bits per heavy atom. The average molecular weight is 365 g/mol. The molecular weight excluding hydrogens is 347 g/mol. The SMILES string of the molecule is CC(C)CNC(=O)c1cccc(C(=O)Nc2cccc(Cl)c2Cl)c1. The summed E-state index contributed by atoms with van der Waals surface area (Å²) in [4.78, 5) is 24.5. The third-order valence-corrected chi connectivity index (χ3v) is 4.08. The van der Waals surface area contributed by atoms with Gasteiger partial charge in [0.1, 0.15) is 0 Å². The van der Waals surface area contributed by atoms with Crippen LogP contribution in [0.2, 0.25) is 10.0 Å². The van der Waals surface area contributed by atoms with Gasteiger partial charge in [-0.25, -0.2) is 0 Å². The zero-order valence-electron chi connectivity index (χ0n) is 13.4. The van der Waals surface area contributed by atoms with Gasteiger partial charge < -0.3 is 10.6 Å². The molecule has 0 saturated carbocycles. The molecule has 24 heavy (non-hydrogen) atoms. The summed E-state index contributed by atoms with van der Waals surface area (Å²) in [7, 11) is 0. The van der Waals surface area contributed by atoms with Crippen molar-refractivity contribution in [2.24, 2.45) is 5.92 Å².